The lowest BCUT2D eigenvalue weighted by molar-refractivity contribution is -0.142. The number of ether oxygens (including phenoxy) is 1. The highest BCUT2D eigenvalue weighted by atomic mass is 32.1. The molecule has 0 spiro atoms. The van der Waals surface area contributed by atoms with Crippen LogP contribution in [-0.2, 0) is 25.5 Å². The Hall–Kier alpha value is -3.15. The number of aromatic nitrogens is 1. The van der Waals surface area contributed by atoms with E-state index in [1.165, 1.54) is 11.3 Å². The lowest BCUT2D eigenvalue weighted by Gasteiger charge is -2.37. The number of aliphatic carboxylic acids is 1. The predicted octanol–water partition coefficient (Wildman–Crippen LogP) is 5.39. The van der Waals surface area contributed by atoms with Gasteiger partial charge in [-0.15, -0.1) is 11.3 Å². The zero-order valence-corrected chi connectivity index (χ0v) is 29.7. The monoisotopic (exact) mass is 658 g/mol. The van der Waals surface area contributed by atoms with Crippen molar-refractivity contribution in [2.75, 3.05) is 21.2 Å². The van der Waals surface area contributed by atoms with Gasteiger partial charge in [0.2, 0.25) is 5.91 Å². The van der Waals surface area contributed by atoms with Crippen molar-refractivity contribution in [2.45, 2.75) is 97.9 Å². The van der Waals surface area contributed by atoms with Gasteiger partial charge in [-0.2, -0.15) is 0 Å². The third-order valence-corrected chi connectivity index (χ3v) is 9.80. The van der Waals surface area contributed by atoms with Crippen molar-refractivity contribution >= 4 is 34.9 Å². The molecule has 256 valence electrons. The van der Waals surface area contributed by atoms with E-state index in [1.807, 2.05) is 58.0 Å². The summed E-state index contributed by atoms with van der Waals surface area (Å²) in [6, 6.07) is 8.30. The average molecular weight is 659 g/mol. The molecule has 1 aromatic carbocycles. The Kier molecular flexibility index (Phi) is 16.0. The van der Waals surface area contributed by atoms with Gasteiger partial charge in [-0.25, -0.2) is 4.98 Å². The minimum Gasteiger partial charge on any atom is -0.481 e. The summed E-state index contributed by atoms with van der Waals surface area (Å²) in [5.41, 5.74) is 1.11. The van der Waals surface area contributed by atoms with E-state index in [-0.39, 0.29) is 60.1 Å². The number of thiazole rings is 1. The minimum atomic E-state index is -1.00. The second-order valence-corrected chi connectivity index (χ2v) is 13.8. The largest absolute Gasteiger partial charge is 0.481 e. The van der Waals surface area contributed by atoms with Gasteiger partial charge in [0.05, 0.1) is 12.5 Å². The van der Waals surface area contributed by atoms with E-state index in [0.717, 1.165) is 12.0 Å². The molecule has 0 fully saturated rings. The summed E-state index contributed by atoms with van der Waals surface area (Å²) in [7, 11) is 5.16. The summed E-state index contributed by atoms with van der Waals surface area (Å²) >= 11 is 1.29. The van der Waals surface area contributed by atoms with Gasteiger partial charge in [0, 0.05) is 50.4 Å². The Morgan fingerprint density at radius 3 is 2.20 bits per heavy atom. The first kappa shape index (κ1) is 39.0. The predicted molar refractivity (Wildman–Crippen MR) is 182 cm³/mol. The first-order valence-electron chi connectivity index (χ1n) is 16.2. The average Bonchev–Trinajstić information content (AvgIpc) is 3.50. The number of carboxylic acids is 1. The Morgan fingerprint density at radius 1 is 1.02 bits per heavy atom. The zero-order chi connectivity index (χ0) is 34.6. The van der Waals surface area contributed by atoms with Crippen LogP contribution in [-0.4, -0.2) is 77.9 Å². The number of carboxylic acid groups (broad SMARTS) is 1. The van der Waals surface area contributed by atoms with Crippen molar-refractivity contribution < 1.29 is 29.0 Å². The van der Waals surface area contributed by atoms with Crippen LogP contribution in [0.1, 0.15) is 94.4 Å². The highest BCUT2D eigenvalue weighted by molar-refractivity contribution is 7.09. The summed E-state index contributed by atoms with van der Waals surface area (Å²) in [5, 5.41) is 17.6. The van der Waals surface area contributed by atoms with E-state index in [9.17, 15) is 24.3 Å². The molecule has 0 bridgehead atoms. The van der Waals surface area contributed by atoms with Crippen LogP contribution in [0.15, 0.2) is 35.7 Å². The van der Waals surface area contributed by atoms with Gasteiger partial charge in [-0.1, -0.05) is 78.3 Å². The van der Waals surface area contributed by atoms with Crippen LogP contribution in [0.3, 0.4) is 0 Å². The van der Waals surface area contributed by atoms with Crippen molar-refractivity contribution in [3.63, 3.8) is 0 Å². The number of rotatable bonds is 20. The molecule has 0 aliphatic heterocycles. The van der Waals surface area contributed by atoms with Crippen LogP contribution in [0.2, 0.25) is 0 Å². The number of nitrogens with one attached hydrogen (secondary N) is 2. The van der Waals surface area contributed by atoms with Crippen molar-refractivity contribution in [2.24, 2.45) is 23.7 Å². The summed E-state index contributed by atoms with van der Waals surface area (Å²) < 4.78 is 5.86. The summed E-state index contributed by atoms with van der Waals surface area (Å²) in [4.78, 5) is 58.3. The highest BCUT2D eigenvalue weighted by Crippen LogP contribution is 2.32. The van der Waals surface area contributed by atoms with Crippen LogP contribution in [0.4, 0.5) is 0 Å². The van der Waals surface area contributed by atoms with E-state index in [0.29, 0.717) is 17.8 Å². The third kappa shape index (κ3) is 11.3. The molecule has 1 heterocycles. The Bertz CT molecular complexity index is 1270. The molecular weight excluding hydrogens is 604 g/mol. The first-order chi connectivity index (χ1) is 21.7. The number of likely N-dealkylation sites (N-methyl/N-ethyl adjacent to an activating group) is 1. The van der Waals surface area contributed by atoms with Crippen molar-refractivity contribution in [3.8, 4) is 0 Å². The molecule has 2 rings (SSSR count). The Balaban J connectivity index is 2.22. The molecule has 0 aliphatic rings. The maximum Gasteiger partial charge on any atom is 0.305 e. The molecule has 0 aliphatic carbocycles. The second kappa shape index (κ2) is 18.9. The first-order valence-corrected chi connectivity index (χ1v) is 17.1. The molecule has 0 saturated carbocycles. The molecule has 11 heteroatoms. The quantitative estimate of drug-likeness (QED) is 0.172. The van der Waals surface area contributed by atoms with Gasteiger partial charge in [-0.05, 0) is 36.8 Å². The topological polar surface area (TPSA) is 138 Å². The van der Waals surface area contributed by atoms with Crippen LogP contribution in [0.5, 0.6) is 0 Å². The number of carbonyl (C=O) groups excluding carboxylic acids is 3. The lowest BCUT2D eigenvalue weighted by Crippen LogP contribution is -2.47. The number of hydrogen-bond donors (Lipinski definition) is 3. The molecule has 3 N–H and O–H groups in total. The van der Waals surface area contributed by atoms with E-state index < -0.39 is 29.9 Å². The Labute approximate surface area is 278 Å². The van der Waals surface area contributed by atoms with Gasteiger partial charge in [0.25, 0.3) is 5.91 Å². The summed E-state index contributed by atoms with van der Waals surface area (Å²) in [6.07, 6.45) is 1.09. The number of Topliss-reactive ketones (excluding diaryl/α,β-unsaturated/α-hetero) is 1. The minimum absolute atomic E-state index is 0.0291. The summed E-state index contributed by atoms with van der Waals surface area (Å²) in [6.45, 7) is 12.2. The van der Waals surface area contributed by atoms with Gasteiger partial charge < -0.3 is 25.4 Å². The number of nitrogens with zero attached hydrogens (tertiary/aromatic N) is 2. The molecule has 2 amide bonds. The summed E-state index contributed by atoms with van der Waals surface area (Å²) in [5.74, 6) is -1.68. The molecule has 2 aromatic rings. The van der Waals surface area contributed by atoms with Crippen LogP contribution in [0.25, 0.3) is 0 Å². The fourth-order valence-electron chi connectivity index (χ4n) is 5.93. The molecule has 10 nitrogen and oxygen atoms in total. The van der Waals surface area contributed by atoms with Crippen LogP contribution < -0.4 is 10.6 Å². The zero-order valence-electron chi connectivity index (χ0n) is 28.9. The van der Waals surface area contributed by atoms with E-state index in [4.69, 9.17) is 4.74 Å². The maximum absolute atomic E-state index is 14.0. The van der Waals surface area contributed by atoms with Crippen molar-refractivity contribution in [1.82, 2.24) is 20.5 Å². The fraction of sp³-hybridized carbons (Fsp3) is 0.629. The van der Waals surface area contributed by atoms with E-state index in [1.54, 1.807) is 31.5 Å². The van der Waals surface area contributed by atoms with Crippen LogP contribution in [0, 0.1) is 23.7 Å². The number of benzene rings is 1. The molecular formula is C35H54N4O6S. The fourth-order valence-corrected chi connectivity index (χ4v) is 6.82. The van der Waals surface area contributed by atoms with Crippen molar-refractivity contribution in [3.05, 3.63) is 52.0 Å². The van der Waals surface area contributed by atoms with Gasteiger partial charge in [0.1, 0.15) is 16.8 Å². The second-order valence-electron chi connectivity index (χ2n) is 12.9. The van der Waals surface area contributed by atoms with Crippen LogP contribution >= 0.6 is 11.3 Å². The number of methoxy groups -OCH3 is 1. The molecule has 1 aromatic heterocycles. The van der Waals surface area contributed by atoms with Gasteiger partial charge >= 0.3 is 5.97 Å². The SMILES string of the molecule is CCC(C)[C@H](CC(=O)[C@@H](NC)C(C)C)C(=O)N(C)[C@H](CC(OC)c1nc(C(=O)N[C@H](CC(=O)O)Cc2ccccc2)cs1)C(C)C. The number of carbonyl (C=O) groups is 4. The third-order valence-electron chi connectivity index (χ3n) is 8.86. The van der Waals surface area contributed by atoms with E-state index >= 15 is 0 Å². The number of hydrogen-bond acceptors (Lipinski definition) is 8. The molecule has 2 unspecified atom stereocenters. The lowest BCUT2D eigenvalue weighted by atomic mass is 9.82. The highest BCUT2D eigenvalue weighted by Gasteiger charge is 2.36. The van der Waals surface area contributed by atoms with Crippen molar-refractivity contribution in [1.29, 1.82) is 0 Å². The standard InChI is InChI=1S/C35H54N4O6S/c1-10-23(6)26(18-29(40)32(36-7)22(4)5)35(44)39(8)28(21(2)3)19-30(45-9)34-38-27(20-46-34)33(43)37-25(17-31(41)42)16-24-14-12-11-13-15-24/h11-15,20-23,25-26,28,30,32,36H,10,16-19H2,1-9H3,(H,37,43)(H,41,42)/t23?,25-,26-,28+,30?,32-/m0/s1. The Morgan fingerprint density at radius 2 is 1.67 bits per heavy atom. The normalized spacial score (nSPS) is 15.5. The number of ketones is 1. The van der Waals surface area contributed by atoms with E-state index in [2.05, 4.69) is 29.5 Å². The smallest absolute Gasteiger partial charge is 0.305 e. The number of amides is 2. The maximum atomic E-state index is 14.0. The molecule has 46 heavy (non-hydrogen) atoms. The van der Waals surface area contributed by atoms with Gasteiger partial charge in [0.15, 0.2) is 5.78 Å². The molecule has 0 saturated heterocycles. The molecule has 6 atom stereocenters. The molecule has 0 radical (unpaired) electrons. The van der Waals surface area contributed by atoms with Gasteiger partial charge in [-0.3, -0.25) is 19.2 Å².